The van der Waals surface area contributed by atoms with Gasteiger partial charge < -0.3 is 9.32 Å². The highest BCUT2D eigenvalue weighted by Crippen LogP contribution is 2.28. The van der Waals surface area contributed by atoms with E-state index in [0.29, 0.717) is 5.76 Å². The quantitative estimate of drug-likeness (QED) is 0.623. The molecule has 2 aromatic rings. The molecule has 2 aromatic heterocycles. The van der Waals surface area contributed by atoms with Gasteiger partial charge in [-0.25, -0.2) is 9.97 Å². The Hall–Kier alpha value is -2.03. The number of rotatable bonds is 5. The Morgan fingerprint density at radius 2 is 2.18 bits per heavy atom. The molecule has 2 rings (SSSR count). The van der Waals surface area contributed by atoms with Crippen molar-refractivity contribution in [1.82, 2.24) is 14.9 Å². The summed E-state index contributed by atoms with van der Waals surface area (Å²) in [5.74, 6) is 0.303. The van der Waals surface area contributed by atoms with Crippen LogP contribution in [0.2, 0.25) is 0 Å². The van der Waals surface area contributed by atoms with E-state index in [0.717, 1.165) is 24.0 Å². The van der Waals surface area contributed by atoms with E-state index in [4.69, 9.17) is 4.42 Å². The maximum atomic E-state index is 12.5. The predicted octanol–water partition coefficient (Wildman–Crippen LogP) is 2.84. The molecule has 0 aliphatic heterocycles. The third kappa shape index (κ3) is 4.48. The first-order valence-corrected chi connectivity index (χ1v) is 7.14. The zero-order valence-corrected chi connectivity index (χ0v) is 12.3. The lowest BCUT2D eigenvalue weighted by atomic mass is 10.4. The largest absolute Gasteiger partial charge is 0.467 e. The van der Waals surface area contributed by atoms with Crippen molar-refractivity contribution in [2.45, 2.75) is 17.9 Å². The lowest BCUT2D eigenvalue weighted by Gasteiger charge is -2.15. The Labute approximate surface area is 128 Å². The molecule has 0 fully saturated rings. The van der Waals surface area contributed by atoms with Crippen LogP contribution in [0.1, 0.15) is 11.5 Å². The molecule has 0 aromatic carbocycles. The van der Waals surface area contributed by atoms with Gasteiger partial charge in [0.15, 0.2) is 5.16 Å². The van der Waals surface area contributed by atoms with Crippen LogP contribution in [-0.2, 0) is 17.5 Å². The molecule has 0 saturated heterocycles. The summed E-state index contributed by atoms with van der Waals surface area (Å²) in [7, 11) is 1.58. The average Bonchev–Trinajstić information content (AvgIpc) is 2.97. The van der Waals surface area contributed by atoms with Crippen LogP contribution in [-0.4, -0.2) is 33.6 Å². The molecule has 0 radical (unpaired) electrons. The van der Waals surface area contributed by atoms with E-state index in [9.17, 15) is 18.0 Å². The van der Waals surface area contributed by atoms with Gasteiger partial charge in [0.05, 0.1) is 18.6 Å². The topological polar surface area (TPSA) is 59.2 Å². The van der Waals surface area contributed by atoms with E-state index in [1.165, 1.54) is 11.2 Å². The summed E-state index contributed by atoms with van der Waals surface area (Å²) >= 11 is 0.856. The highest BCUT2D eigenvalue weighted by molar-refractivity contribution is 7.99. The van der Waals surface area contributed by atoms with Crippen molar-refractivity contribution in [3.05, 3.63) is 42.1 Å². The van der Waals surface area contributed by atoms with Crippen molar-refractivity contribution in [1.29, 1.82) is 0 Å². The lowest BCUT2D eigenvalue weighted by molar-refractivity contribution is -0.141. The number of amides is 1. The second-order valence-corrected chi connectivity index (χ2v) is 5.28. The van der Waals surface area contributed by atoms with Crippen molar-refractivity contribution < 1.29 is 22.4 Å². The molecule has 22 heavy (non-hydrogen) atoms. The van der Waals surface area contributed by atoms with Gasteiger partial charge >= 0.3 is 6.18 Å². The van der Waals surface area contributed by atoms with Crippen molar-refractivity contribution in [3.8, 4) is 0 Å². The molecule has 0 bridgehead atoms. The van der Waals surface area contributed by atoms with Gasteiger partial charge in [0.1, 0.15) is 11.5 Å². The third-order valence-electron chi connectivity index (χ3n) is 2.65. The highest BCUT2D eigenvalue weighted by atomic mass is 32.2. The summed E-state index contributed by atoms with van der Waals surface area (Å²) < 4.78 is 42.7. The fourth-order valence-electron chi connectivity index (χ4n) is 1.53. The van der Waals surface area contributed by atoms with Crippen LogP contribution < -0.4 is 0 Å². The summed E-state index contributed by atoms with van der Waals surface area (Å²) in [5, 5.41) is -0.0884. The van der Waals surface area contributed by atoms with Gasteiger partial charge in [-0.2, -0.15) is 13.2 Å². The van der Waals surface area contributed by atoms with Gasteiger partial charge in [-0.15, -0.1) is 0 Å². The number of furan rings is 1. The van der Waals surface area contributed by atoms with E-state index in [1.54, 1.807) is 19.2 Å². The monoisotopic (exact) mass is 331 g/mol. The van der Waals surface area contributed by atoms with Gasteiger partial charge in [0.2, 0.25) is 5.91 Å². The Bertz CT molecular complexity index is 632. The molecule has 0 atom stereocenters. The zero-order valence-electron chi connectivity index (χ0n) is 11.5. The van der Waals surface area contributed by atoms with Crippen molar-refractivity contribution in [3.63, 3.8) is 0 Å². The minimum absolute atomic E-state index is 0.0570. The minimum atomic E-state index is -4.53. The molecule has 2 heterocycles. The number of hydrogen-bond donors (Lipinski definition) is 0. The number of aromatic nitrogens is 2. The SMILES string of the molecule is CN(Cc1ccco1)C(=O)CSc1nccc(C(F)(F)F)n1. The van der Waals surface area contributed by atoms with E-state index < -0.39 is 11.9 Å². The molecule has 9 heteroatoms. The average molecular weight is 331 g/mol. The van der Waals surface area contributed by atoms with Gasteiger partial charge in [-0.3, -0.25) is 4.79 Å². The lowest BCUT2D eigenvalue weighted by Crippen LogP contribution is -2.27. The molecule has 118 valence electrons. The first kappa shape index (κ1) is 16.3. The first-order valence-electron chi connectivity index (χ1n) is 6.15. The molecule has 1 amide bonds. The number of alkyl halides is 3. The molecule has 0 spiro atoms. The van der Waals surface area contributed by atoms with Crippen LogP contribution in [0.25, 0.3) is 0 Å². The van der Waals surface area contributed by atoms with Crippen LogP contribution >= 0.6 is 11.8 Å². The smallest absolute Gasteiger partial charge is 0.433 e. The zero-order chi connectivity index (χ0) is 16.2. The summed E-state index contributed by atoms with van der Waals surface area (Å²) in [6.45, 7) is 0.288. The van der Waals surface area contributed by atoms with Crippen LogP contribution in [0.3, 0.4) is 0 Å². The molecule has 0 aliphatic rings. The number of carbonyl (C=O) groups excluding carboxylic acids is 1. The molecule has 5 nitrogen and oxygen atoms in total. The number of thioether (sulfide) groups is 1. The molecular weight excluding hydrogens is 319 g/mol. The van der Waals surface area contributed by atoms with E-state index in [2.05, 4.69) is 9.97 Å². The standard InChI is InChI=1S/C13H12F3N3O2S/c1-19(7-9-3-2-6-21-9)11(20)8-22-12-17-5-4-10(18-12)13(14,15)16/h2-6H,7-8H2,1H3. The normalized spacial score (nSPS) is 11.5. The maximum Gasteiger partial charge on any atom is 0.433 e. The molecule has 0 aliphatic carbocycles. The molecule has 0 unspecified atom stereocenters. The molecular formula is C13H12F3N3O2S. The molecule has 0 N–H and O–H groups in total. The predicted molar refractivity (Wildman–Crippen MR) is 72.9 cm³/mol. The van der Waals surface area contributed by atoms with E-state index in [1.807, 2.05) is 0 Å². The Morgan fingerprint density at radius 3 is 2.82 bits per heavy atom. The number of halogens is 3. The summed E-state index contributed by atoms with van der Waals surface area (Å²) in [6, 6.07) is 4.22. The van der Waals surface area contributed by atoms with Gasteiger partial charge in [-0.05, 0) is 18.2 Å². The summed E-state index contributed by atoms with van der Waals surface area (Å²) in [6.07, 6.45) is -2.01. The summed E-state index contributed by atoms with van der Waals surface area (Å²) in [5.41, 5.74) is -1.03. The van der Waals surface area contributed by atoms with E-state index >= 15 is 0 Å². The Balaban J connectivity index is 1.91. The van der Waals surface area contributed by atoms with Crippen LogP contribution in [0.5, 0.6) is 0 Å². The highest BCUT2D eigenvalue weighted by Gasteiger charge is 2.32. The number of carbonyl (C=O) groups is 1. The fraction of sp³-hybridized carbons (Fsp3) is 0.308. The van der Waals surface area contributed by atoms with E-state index in [-0.39, 0.29) is 23.4 Å². The second-order valence-electron chi connectivity index (χ2n) is 4.34. The maximum absolute atomic E-state index is 12.5. The number of nitrogens with zero attached hydrogens (tertiary/aromatic N) is 3. The minimum Gasteiger partial charge on any atom is -0.467 e. The van der Waals surface area contributed by atoms with Crippen molar-refractivity contribution in [2.24, 2.45) is 0 Å². The van der Waals surface area contributed by atoms with Crippen molar-refractivity contribution in [2.75, 3.05) is 12.8 Å². The summed E-state index contributed by atoms with van der Waals surface area (Å²) in [4.78, 5) is 20.4. The van der Waals surface area contributed by atoms with Crippen LogP contribution in [0, 0.1) is 0 Å². The fourth-order valence-corrected chi connectivity index (χ4v) is 2.30. The number of hydrogen-bond acceptors (Lipinski definition) is 5. The first-order chi connectivity index (χ1) is 10.4. The molecule has 0 saturated carbocycles. The third-order valence-corrected chi connectivity index (χ3v) is 3.49. The van der Waals surface area contributed by atoms with Gasteiger partial charge in [0.25, 0.3) is 0 Å². The Morgan fingerprint density at radius 1 is 1.41 bits per heavy atom. The van der Waals surface area contributed by atoms with Gasteiger partial charge in [0, 0.05) is 13.2 Å². The van der Waals surface area contributed by atoms with Crippen molar-refractivity contribution >= 4 is 17.7 Å². The van der Waals surface area contributed by atoms with Crippen LogP contribution in [0.15, 0.2) is 40.2 Å². The van der Waals surface area contributed by atoms with Gasteiger partial charge in [-0.1, -0.05) is 11.8 Å². The van der Waals surface area contributed by atoms with Crippen LogP contribution in [0.4, 0.5) is 13.2 Å². The second kappa shape index (κ2) is 6.82. The Kier molecular flexibility index (Phi) is 5.07.